The summed E-state index contributed by atoms with van der Waals surface area (Å²) in [6, 6.07) is 7.64. The molecular formula is C20H25N5O5. The molecule has 0 radical (unpaired) electrons. The van der Waals surface area contributed by atoms with E-state index in [1.54, 1.807) is 11.7 Å². The molecule has 0 spiro atoms. The van der Waals surface area contributed by atoms with Crippen LogP contribution in [0.5, 0.6) is 5.75 Å². The first kappa shape index (κ1) is 20.5. The van der Waals surface area contributed by atoms with E-state index in [9.17, 15) is 10.2 Å². The van der Waals surface area contributed by atoms with Gasteiger partial charge in [-0.15, -0.1) is 0 Å². The third-order valence-electron chi connectivity index (χ3n) is 5.32. The summed E-state index contributed by atoms with van der Waals surface area (Å²) in [4.78, 5) is 12.3. The molecule has 1 unspecified atom stereocenters. The lowest BCUT2D eigenvalue weighted by Gasteiger charge is -2.21. The molecular weight excluding hydrogens is 390 g/mol. The third-order valence-corrected chi connectivity index (χ3v) is 5.32. The van der Waals surface area contributed by atoms with Crippen molar-refractivity contribution in [3.8, 4) is 5.75 Å². The second kappa shape index (κ2) is 8.52. The van der Waals surface area contributed by atoms with Gasteiger partial charge in [-0.25, -0.2) is 15.0 Å². The first-order valence-corrected chi connectivity index (χ1v) is 9.73. The molecule has 3 aromatic rings. The van der Waals surface area contributed by atoms with Crippen molar-refractivity contribution in [1.82, 2.24) is 19.5 Å². The van der Waals surface area contributed by atoms with Crippen LogP contribution in [0.25, 0.3) is 11.2 Å². The number of nitrogens with zero attached hydrogens (tertiary/aromatic N) is 4. The number of aromatic nitrogens is 4. The Morgan fingerprint density at radius 2 is 1.93 bits per heavy atom. The second-order valence-electron chi connectivity index (χ2n) is 7.13. The molecule has 10 heteroatoms. The average Bonchev–Trinajstić information content (AvgIpc) is 3.32. The van der Waals surface area contributed by atoms with E-state index in [0.717, 1.165) is 17.7 Å². The minimum atomic E-state index is -1.17. The number of nitrogen functional groups attached to an aromatic ring is 1. The molecule has 1 aromatic carbocycles. The van der Waals surface area contributed by atoms with E-state index in [-0.39, 0.29) is 18.5 Å². The van der Waals surface area contributed by atoms with Gasteiger partial charge in [-0.2, -0.15) is 0 Å². The van der Waals surface area contributed by atoms with Gasteiger partial charge in [0.05, 0.1) is 26.1 Å². The van der Waals surface area contributed by atoms with E-state index in [0.29, 0.717) is 11.2 Å². The van der Waals surface area contributed by atoms with Gasteiger partial charge in [0.25, 0.3) is 0 Å². The molecule has 0 bridgehead atoms. The molecule has 1 saturated heterocycles. The van der Waals surface area contributed by atoms with Gasteiger partial charge in [0.15, 0.2) is 17.7 Å². The van der Waals surface area contributed by atoms with Gasteiger partial charge in [-0.3, -0.25) is 4.57 Å². The number of fused-ring (bicyclic) bond motifs is 1. The summed E-state index contributed by atoms with van der Waals surface area (Å²) in [6.45, 7) is 2.13. The zero-order chi connectivity index (χ0) is 21.3. The Hall–Kier alpha value is -2.79. The summed E-state index contributed by atoms with van der Waals surface area (Å²) in [5.41, 5.74) is 7.65. The molecule has 3 heterocycles. The average molecular weight is 415 g/mol. The molecule has 1 aliphatic heterocycles. The number of hydrogen-bond donors (Lipinski definition) is 3. The molecule has 4 rings (SSSR count). The predicted molar refractivity (Wildman–Crippen MR) is 108 cm³/mol. The van der Waals surface area contributed by atoms with Crippen LogP contribution < -0.4 is 10.5 Å². The zero-order valence-electron chi connectivity index (χ0n) is 16.8. The van der Waals surface area contributed by atoms with Crippen molar-refractivity contribution in [3.05, 3.63) is 42.5 Å². The highest BCUT2D eigenvalue weighted by Gasteiger charge is 2.44. The monoisotopic (exact) mass is 415 g/mol. The van der Waals surface area contributed by atoms with Crippen LogP contribution in [0.2, 0.25) is 0 Å². The van der Waals surface area contributed by atoms with Crippen molar-refractivity contribution in [2.24, 2.45) is 0 Å². The highest BCUT2D eigenvalue weighted by atomic mass is 16.6. The van der Waals surface area contributed by atoms with Crippen molar-refractivity contribution in [3.63, 3.8) is 0 Å². The fourth-order valence-corrected chi connectivity index (χ4v) is 3.63. The van der Waals surface area contributed by atoms with E-state index in [1.165, 1.54) is 12.7 Å². The van der Waals surface area contributed by atoms with E-state index in [2.05, 4.69) is 15.0 Å². The molecule has 0 amide bonds. The maximum Gasteiger partial charge on any atom is 0.167 e. The smallest absolute Gasteiger partial charge is 0.167 e. The van der Waals surface area contributed by atoms with Gasteiger partial charge in [0.2, 0.25) is 0 Å². The van der Waals surface area contributed by atoms with Crippen LogP contribution >= 0.6 is 0 Å². The number of imidazole rings is 1. The van der Waals surface area contributed by atoms with Crippen LogP contribution in [0.1, 0.15) is 31.2 Å². The number of nitrogens with two attached hydrogens (primary N) is 1. The number of methoxy groups -OCH3 is 1. The number of ether oxygens (including phenoxy) is 3. The Morgan fingerprint density at radius 1 is 1.17 bits per heavy atom. The molecule has 1 fully saturated rings. The van der Waals surface area contributed by atoms with Gasteiger partial charge < -0.3 is 30.2 Å². The molecule has 10 nitrogen and oxygen atoms in total. The Kier molecular flexibility index (Phi) is 5.82. The van der Waals surface area contributed by atoms with Gasteiger partial charge in [0, 0.05) is 0 Å². The highest BCUT2D eigenvalue weighted by Crippen LogP contribution is 2.33. The van der Waals surface area contributed by atoms with Crippen LogP contribution in [-0.4, -0.2) is 61.8 Å². The molecule has 0 saturated carbocycles. The number of benzene rings is 1. The SMILES string of the molecule is CCC(OC[C@H]1O[C@@H](n2cnc3c(N)ncnc32)[C@H](O)[C@@H]1O)c1ccc(OC)cc1. The first-order chi connectivity index (χ1) is 14.5. The molecule has 4 N–H and O–H groups in total. The van der Waals surface area contributed by atoms with Gasteiger partial charge in [0.1, 0.15) is 35.9 Å². The summed E-state index contributed by atoms with van der Waals surface area (Å²) < 4.78 is 18.7. The summed E-state index contributed by atoms with van der Waals surface area (Å²) in [7, 11) is 1.62. The Morgan fingerprint density at radius 3 is 2.63 bits per heavy atom. The van der Waals surface area contributed by atoms with Gasteiger partial charge in [-0.1, -0.05) is 19.1 Å². The maximum atomic E-state index is 10.6. The number of aliphatic hydroxyl groups excluding tert-OH is 2. The minimum Gasteiger partial charge on any atom is -0.497 e. The number of rotatable bonds is 7. The van der Waals surface area contributed by atoms with E-state index >= 15 is 0 Å². The normalized spacial score (nSPS) is 24.9. The minimum absolute atomic E-state index is 0.114. The van der Waals surface area contributed by atoms with Gasteiger partial charge in [-0.05, 0) is 24.1 Å². The zero-order valence-corrected chi connectivity index (χ0v) is 16.8. The molecule has 30 heavy (non-hydrogen) atoms. The van der Waals surface area contributed by atoms with Crippen molar-refractivity contribution in [2.75, 3.05) is 19.5 Å². The van der Waals surface area contributed by atoms with Crippen LogP contribution in [0.15, 0.2) is 36.9 Å². The molecule has 2 aromatic heterocycles. The largest absolute Gasteiger partial charge is 0.497 e. The lowest BCUT2D eigenvalue weighted by atomic mass is 10.1. The van der Waals surface area contributed by atoms with Crippen LogP contribution in [0.4, 0.5) is 5.82 Å². The Bertz CT molecular complexity index is 995. The standard InChI is InChI=1S/C20H25N5O5/c1-3-13(11-4-6-12(28-2)7-5-11)29-8-14-16(26)17(27)20(30-14)25-10-24-15-18(21)22-9-23-19(15)25/h4-7,9-10,13-14,16-17,20,26-27H,3,8H2,1-2H3,(H2,21,22,23)/t13?,14-,16-,17-,20-/m1/s1. The maximum absolute atomic E-state index is 10.6. The van der Waals surface area contributed by atoms with Crippen molar-refractivity contribution in [1.29, 1.82) is 0 Å². The summed E-state index contributed by atoms with van der Waals surface area (Å²) in [5, 5.41) is 21.1. The molecule has 0 aliphatic carbocycles. The second-order valence-corrected chi connectivity index (χ2v) is 7.13. The third kappa shape index (κ3) is 3.70. The fourth-order valence-electron chi connectivity index (χ4n) is 3.63. The quantitative estimate of drug-likeness (QED) is 0.520. The Balaban J connectivity index is 1.46. The molecule has 160 valence electrons. The number of hydrogen-bond acceptors (Lipinski definition) is 9. The van der Waals surface area contributed by atoms with Crippen LogP contribution in [-0.2, 0) is 9.47 Å². The topological polar surface area (TPSA) is 138 Å². The van der Waals surface area contributed by atoms with Crippen molar-refractivity contribution >= 4 is 17.0 Å². The summed E-state index contributed by atoms with van der Waals surface area (Å²) in [6.07, 6.45) is -0.537. The number of aliphatic hydroxyl groups is 2. The van der Waals surface area contributed by atoms with Gasteiger partial charge >= 0.3 is 0 Å². The lowest BCUT2D eigenvalue weighted by Crippen LogP contribution is -2.34. The van der Waals surface area contributed by atoms with Crippen molar-refractivity contribution in [2.45, 2.75) is 44.0 Å². The Labute approximate surface area is 173 Å². The molecule has 5 atom stereocenters. The first-order valence-electron chi connectivity index (χ1n) is 9.73. The molecule has 1 aliphatic rings. The fraction of sp³-hybridized carbons (Fsp3) is 0.450. The summed E-state index contributed by atoms with van der Waals surface area (Å²) >= 11 is 0. The highest BCUT2D eigenvalue weighted by molar-refractivity contribution is 5.81. The predicted octanol–water partition coefficient (Wildman–Crippen LogP) is 1.20. The van der Waals surface area contributed by atoms with Crippen molar-refractivity contribution < 1.29 is 24.4 Å². The van der Waals surface area contributed by atoms with Crippen LogP contribution in [0, 0.1) is 0 Å². The van der Waals surface area contributed by atoms with E-state index in [4.69, 9.17) is 19.9 Å². The van der Waals surface area contributed by atoms with E-state index < -0.39 is 24.5 Å². The van der Waals surface area contributed by atoms with E-state index in [1.807, 2.05) is 31.2 Å². The summed E-state index contributed by atoms with van der Waals surface area (Å²) in [5.74, 6) is 1.00. The lowest BCUT2D eigenvalue weighted by molar-refractivity contribution is -0.0823. The number of anilines is 1. The van der Waals surface area contributed by atoms with Crippen LogP contribution in [0.3, 0.4) is 0 Å².